The molecular weight excluding hydrogens is 348 g/mol. The summed E-state index contributed by atoms with van der Waals surface area (Å²) in [4.78, 5) is 21.2. The first-order valence-electron chi connectivity index (χ1n) is 8.22. The van der Waals surface area contributed by atoms with E-state index < -0.39 is 0 Å². The number of nitrogens with one attached hydrogen (secondary N) is 2. The average molecular weight is 367 g/mol. The van der Waals surface area contributed by atoms with Gasteiger partial charge in [0.1, 0.15) is 5.69 Å². The van der Waals surface area contributed by atoms with E-state index in [4.69, 9.17) is 11.6 Å². The maximum atomic E-state index is 12.5. The summed E-state index contributed by atoms with van der Waals surface area (Å²) in [6.07, 6.45) is 0. The van der Waals surface area contributed by atoms with Crippen molar-refractivity contribution in [2.75, 3.05) is 10.6 Å². The SMILES string of the molecule is Cc1cccc(NC(=O)c2cc(C)nc(NCc3ccccc3Cl)n2)c1. The van der Waals surface area contributed by atoms with E-state index in [-0.39, 0.29) is 5.91 Å². The maximum absolute atomic E-state index is 12.5. The molecule has 3 rings (SSSR count). The topological polar surface area (TPSA) is 66.9 Å². The smallest absolute Gasteiger partial charge is 0.274 e. The van der Waals surface area contributed by atoms with Gasteiger partial charge >= 0.3 is 0 Å². The molecule has 0 saturated heterocycles. The van der Waals surface area contributed by atoms with Crippen molar-refractivity contribution in [3.63, 3.8) is 0 Å². The normalized spacial score (nSPS) is 10.4. The standard InChI is InChI=1S/C20H19ClN4O/c1-13-6-5-8-16(10-13)24-19(26)18-11-14(2)23-20(25-18)22-12-15-7-3-4-9-17(15)21/h3-11H,12H2,1-2H3,(H,24,26)(H,22,23,25). The lowest BCUT2D eigenvalue weighted by Crippen LogP contribution is -2.16. The van der Waals surface area contributed by atoms with Crippen LogP contribution in [0.15, 0.2) is 54.6 Å². The molecule has 1 aromatic heterocycles. The van der Waals surface area contributed by atoms with Crippen molar-refractivity contribution in [3.05, 3.63) is 82.1 Å². The minimum Gasteiger partial charge on any atom is -0.350 e. The Morgan fingerprint density at radius 1 is 1.04 bits per heavy atom. The molecule has 3 aromatic rings. The number of carbonyl (C=O) groups excluding carboxylic acids is 1. The number of hydrogen-bond acceptors (Lipinski definition) is 4. The first-order chi connectivity index (χ1) is 12.5. The zero-order valence-electron chi connectivity index (χ0n) is 14.6. The molecule has 2 aromatic carbocycles. The fraction of sp³-hybridized carbons (Fsp3) is 0.150. The number of benzene rings is 2. The number of aryl methyl sites for hydroxylation is 2. The largest absolute Gasteiger partial charge is 0.350 e. The molecule has 2 N–H and O–H groups in total. The van der Waals surface area contributed by atoms with E-state index in [1.807, 2.05) is 62.4 Å². The van der Waals surface area contributed by atoms with Crippen LogP contribution in [0.1, 0.15) is 27.3 Å². The third-order valence-electron chi connectivity index (χ3n) is 3.76. The first-order valence-corrected chi connectivity index (χ1v) is 8.60. The zero-order chi connectivity index (χ0) is 18.5. The van der Waals surface area contributed by atoms with E-state index in [0.29, 0.717) is 28.9 Å². The Labute approximate surface area is 157 Å². The minimum absolute atomic E-state index is 0.276. The molecule has 6 heteroatoms. The Bertz CT molecular complexity index is 943. The molecule has 132 valence electrons. The van der Waals surface area contributed by atoms with Crippen LogP contribution in [0.25, 0.3) is 0 Å². The maximum Gasteiger partial charge on any atom is 0.274 e. The summed E-state index contributed by atoms with van der Waals surface area (Å²) in [6, 6.07) is 16.8. The van der Waals surface area contributed by atoms with E-state index in [9.17, 15) is 4.79 Å². The van der Waals surface area contributed by atoms with Crippen LogP contribution < -0.4 is 10.6 Å². The fourth-order valence-corrected chi connectivity index (χ4v) is 2.70. The van der Waals surface area contributed by atoms with Crippen LogP contribution in [-0.4, -0.2) is 15.9 Å². The van der Waals surface area contributed by atoms with Crippen molar-refractivity contribution in [1.82, 2.24) is 9.97 Å². The van der Waals surface area contributed by atoms with E-state index in [2.05, 4.69) is 20.6 Å². The van der Waals surface area contributed by atoms with Crippen LogP contribution in [0.5, 0.6) is 0 Å². The van der Waals surface area contributed by atoms with Crippen molar-refractivity contribution >= 4 is 29.1 Å². The summed E-state index contributed by atoms with van der Waals surface area (Å²) in [5.74, 6) is 0.112. The third-order valence-corrected chi connectivity index (χ3v) is 4.13. The Morgan fingerprint density at radius 2 is 1.85 bits per heavy atom. The number of rotatable bonds is 5. The second-order valence-corrected chi connectivity index (χ2v) is 6.39. The Morgan fingerprint density at radius 3 is 2.62 bits per heavy atom. The van der Waals surface area contributed by atoms with Gasteiger partial charge in [-0.05, 0) is 49.2 Å². The van der Waals surface area contributed by atoms with Gasteiger partial charge in [-0.2, -0.15) is 0 Å². The predicted molar refractivity (Wildman–Crippen MR) is 105 cm³/mol. The second-order valence-electron chi connectivity index (χ2n) is 5.99. The highest BCUT2D eigenvalue weighted by atomic mass is 35.5. The molecule has 0 atom stereocenters. The number of anilines is 2. The van der Waals surface area contributed by atoms with Gasteiger partial charge in [0.2, 0.25) is 5.95 Å². The van der Waals surface area contributed by atoms with Crippen molar-refractivity contribution in [1.29, 1.82) is 0 Å². The first kappa shape index (κ1) is 17.9. The molecule has 0 bridgehead atoms. The van der Waals surface area contributed by atoms with Crippen LogP contribution in [0.4, 0.5) is 11.6 Å². The van der Waals surface area contributed by atoms with Gasteiger partial charge in [0.25, 0.3) is 5.91 Å². The molecule has 1 heterocycles. The molecule has 0 radical (unpaired) electrons. The van der Waals surface area contributed by atoms with Crippen LogP contribution in [0.3, 0.4) is 0 Å². The summed E-state index contributed by atoms with van der Waals surface area (Å²) < 4.78 is 0. The highest BCUT2D eigenvalue weighted by Crippen LogP contribution is 2.17. The lowest BCUT2D eigenvalue weighted by molar-refractivity contribution is 0.102. The number of carbonyl (C=O) groups is 1. The molecule has 5 nitrogen and oxygen atoms in total. The number of hydrogen-bond donors (Lipinski definition) is 2. The van der Waals surface area contributed by atoms with Gasteiger partial charge in [-0.15, -0.1) is 0 Å². The van der Waals surface area contributed by atoms with E-state index in [1.165, 1.54) is 0 Å². The summed E-state index contributed by atoms with van der Waals surface area (Å²) in [6.45, 7) is 4.27. The van der Waals surface area contributed by atoms with E-state index in [0.717, 1.165) is 16.8 Å². The van der Waals surface area contributed by atoms with Crippen LogP contribution >= 0.6 is 11.6 Å². The minimum atomic E-state index is -0.276. The second kappa shape index (κ2) is 7.97. The molecule has 0 fully saturated rings. The summed E-state index contributed by atoms with van der Waals surface area (Å²) in [5.41, 5.74) is 3.75. The molecule has 0 aliphatic heterocycles. The van der Waals surface area contributed by atoms with E-state index in [1.54, 1.807) is 6.07 Å². The number of halogens is 1. The monoisotopic (exact) mass is 366 g/mol. The molecule has 0 aliphatic carbocycles. The van der Waals surface area contributed by atoms with Gasteiger partial charge in [0, 0.05) is 22.9 Å². The van der Waals surface area contributed by atoms with E-state index >= 15 is 0 Å². The highest BCUT2D eigenvalue weighted by molar-refractivity contribution is 6.31. The summed E-state index contributed by atoms with van der Waals surface area (Å²) in [5, 5.41) is 6.65. The number of nitrogens with zero attached hydrogens (tertiary/aromatic N) is 2. The summed E-state index contributed by atoms with van der Waals surface area (Å²) >= 11 is 6.16. The Balaban J connectivity index is 1.74. The van der Waals surface area contributed by atoms with Crippen LogP contribution in [-0.2, 0) is 6.54 Å². The number of aromatic nitrogens is 2. The van der Waals surface area contributed by atoms with Crippen LogP contribution in [0.2, 0.25) is 5.02 Å². The molecule has 0 aliphatic rings. The number of amides is 1. The lowest BCUT2D eigenvalue weighted by atomic mass is 10.2. The van der Waals surface area contributed by atoms with Crippen molar-refractivity contribution in [2.24, 2.45) is 0 Å². The van der Waals surface area contributed by atoms with Gasteiger partial charge < -0.3 is 10.6 Å². The zero-order valence-corrected chi connectivity index (χ0v) is 15.3. The van der Waals surface area contributed by atoms with Crippen molar-refractivity contribution in [3.8, 4) is 0 Å². The van der Waals surface area contributed by atoms with Gasteiger partial charge in [-0.3, -0.25) is 4.79 Å². The van der Waals surface area contributed by atoms with Gasteiger partial charge in [0.05, 0.1) is 0 Å². The fourth-order valence-electron chi connectivity index (χ4n) is 2.50. The highest BCUT2D eigenvalue weighted by Gasteiger charge is 2.11. The van der Waals surface area contributed by atoms with Crippen LogP contribution in [0, 0.1) is 13.8 Å². The average Bonchev–Trinajstić information content (AvgIpc) is 2.60. The molecule has 0 saturated carbocycles. The Hall–Kier alpha value is -2.92. The third kappa shape index (κ3) is 4.58. The van der Waals surface area contributed by atoms with Crippen molar-refractivity contribution in [2.45, 2.75) is 20.4 Å². The quantitative estimate of drug-likeness (QED) is 0.691. The van der Waals surface area contributed by atoms with Crippen molar-refractivity contribution < 1.29 is 4.79 Å². The summed E-state index contributed by atoms with van der Waals surface area (Å²) in [7, 11) is 0. The molecular formula is C20H19ClN4O. The van der Waals surface area contributed by atoms with Gasteiger partial charge in [0.15, 0.2) is 0 Å². The molecule has 1 amide bonds. The van der Waals surface area contributed by atoms with Gasteiger partial charge in [-0.25, -0.2) is 9.97 Å². The molecule has 0 spiro atoms. The predicted octanol–water partition coefficient (Wildman–Crippen LogP) is 4.61. The molecule has 26 heavy (non-hydrogen) atoms. The Kier molecular flexibility index (Phi) is 5.49. The lowest BCUT2D eigenvalue weighted by Gasteiger charge is -2.10. The molecule has 0 unspecified atom stereocenters. The van der Waals surface area contributed by atoms with Gasteiger partial charge in [-0.1, -0.05) is 41.9 Å².